The van der Waals surface area contributed by atoms with Crippen LogP contribution in [-0.2, 0) is 14.3 Å². The van der Waals surface area contributed by atoms with Gasteiger partial charge in [-0.1, -0.05) is 0 Å². The monoisotopic (exact) mass is 426 g/mol. The SMILES string of the molecule is CCOC(=O)c1csc(N2CCC(C(=O)NCCNC(=O)OC(C)(C)C)CC2)n1. The van der Waals surface area contributed by atoms with Crippen molar-refractivity contribution >= 4 is 34.4 Å². The number of carbonyl (C=O) groups excluding carboxylic acids is 3. The van der Waals surface area contributed by atoms with Crippen LogP contribution in [0.5, 0.6) is 0 Å². The normalized spacial score (nSPS) is 15.0. The fourth-order valence-electron chi connectivity index (χ4n) is 2.85. The molecule has 1 aromatic rings. The summed E-state index contributed by atoms with van der Waals surface area (Å²) in [5.41, 5.74) is -0.222. The number of esters is 1. The van der Waals surface area contributed by atoms with Gasteiger partial charge in [0, 0.05) is 37.5 Å². The van der Waals surface area contributed by atoms with Crippen molar-refractivity contribution in [2.24, 2.45) is 5.92 Å². The van der Waals surface area contributed by atoms with Crippen LogP contribution in [0.2, 0.25) is 0 Å². The molecule has 29 heavy (non-hydrogen) atoms. The molecule has 2 N–H and O–H groups in total. The number of thiazole rings is 1. The van der Waals surface area contributed by atoms with Crippen molar-refractivity contribution in [2.45, 2.75) is 46.1 Å². The Morgan fingerprint density at radius 3 is 2.48 bits per heavy atom. The van der Waals surface area contributed by atoms with Gasteiger partial charge in [-0.25, -0.2) is 14.6 Å². The standard InChI is InChI=1S/C19H30N4O5S/c1-5-27-16(25)14-12-29-17(22-14)23-10-6-13(7-11-23)15(24)20-8-9-21-18(26)28-19(2,3)4/h12-13H,5-11H2,1-4H3,(H,20,24)(H,21,26). The topological polar surface area (TPSA) is 110 Å². The van der Waals surface area contributed by atoms with Crippen molar-refractivity contribution in [3.63, 3.8) is 0 Å². The first kappa shape index (κ1) is 22.9. The van der Waals surface area contributed by atoms with E-state index in [9.17, 15) is 14.4 Å². The van der Waals surface area contributed by atoms with Crippen molar-refractivity contribution in [2.75, 3.05) is 37.7 Å². The van der Waals surface area contributed by atoms with Crippen LogP contribution in [0.15, 0.2) is 5.38 Å². The molecule has 0 atom stereocenters. The number of hydrogen-bond acceptors (Lipinski definition) is 8. The van der Waals surface area contributed by atoms with Gasteiger partial charge >= 0.3 is 12.1 Å². The highest BCUT2D eigenvalue weighted by Gasteiger charge is 2.26. The lowest BCUT2D eigenvalue weighted by Crippen LogP contribution is -2.43. The molecule has 1 saturated heterocycles. The van der Waals surface area contributed by atoms with E-state index in [-0.39, 0.29) is 11.8 Å². The van der Waals surface area contributed by atoms with Crippen LogP contribution >= 0.6 is 11.3 Å². The second kappa shape index (κ2) is 10.4. The third kappa shape index (κ3) is 7.52. The zero-order valence-corrected chi connectivity index (χ0v) is 18.3. The summed E-state index contributed by atoms with van der Waals surface area (Å²) in [6.45, 7) is 9.53. The van der Waals surface area contributed by atoms with Crippen molar-refractivity contribution in [1.82, 2.24) is 15.6 Å². The number of ether oxygens (including phenoxy) is 2. The minimum Gasteiger partial charge on any atom is -0.461 e. The summed E-state index contributed by atoms with van der Waals surface area (Å²) >= 11 is 1.40. The number of carbonyl (C=O) groups is 3. The molecular formula is C19H30N4O5S. The smallest absolute Gasteiger partial charge is 0.407 e. The van der Waals surface area contributed by atoms with E-state index in [1.165, 1.54) is 11.3 Å². The van der Waals surface area contributed by atoms with Gasteiger partial charge in [-0.3, -0.25) is 4.79 Å². The van der Waals surface area contributed by atoms with Gasteiger partial charge in [0.1, 0.15) is 5.60 Å². The molecule has 0 aliphatic carbocycles. The fraction of sp³-hybridized carbons (Fsp3) is 0.684. The summed E-state index contributed by atoms with van der Waals surface area (Å²) in [4.78, 5) is 42.1. The van der Waals surface area contributed by atoms with E-state index in [0.717, 1.165) is 5.13 Å². The first-order valence-corrected chi connectivity index (χ1v) is 10.7. The van der Waals surface area contributed by atoms with Crippen molar-refractivity contribution in [3.8, 4) is 0 Å². The summed E-state index contributed by atoms with van der Waals surface area (Å²) < 4.78 is 10.1. The quantitative estimate of drug-likeness (QED) is 0.508. The molecule has 2 heterocycles. The molecule has 1 aliphatic heterocycles. The summed E-state index contributed by atoms with van der Waals surface area (Å²) in [5, 5.41) is 7.94. The maximum atomic E-state index is 12.3. The maximum absolute atomic E-state index is 12.3. The van der Waals surface area contributed by atoms with Gasteiger partial charge in [-0.2, -0.15) is 0 Å². The molecular weight excluding hydrogens is 396 g/mol. The van der Waals surface area contributed by atoms with Gasteiger partial charge in [0.15, 0.2) is 10.8 Å². The molecule has 0 bridgehead atoms. The Kier molecular flexibility index (Phi) is 8.24. The zero-order valence-electron chi connectivity index (χ0n) is 17.4. The molecule has 1 aromatic heterocycles. The second-order valence-corrected chi connectivity index (χ2v) is 8.55. The van der Waals surface area contributed by atoms with Gasteiger partial charge in [-0.05, 0) is 40.5 Å². The number of piperidine rings is 1. The Morgan fingerprint density at radius 2 is 1.86 bits per heavy atom. The predicted molar refractivity (Wildman–Crippen MR) is 110 cm³/mol. The van der Waals surface area contributed by atoms with E-state index in [4.69, 9.17) is 9.47 Å². The first-order valence-electron chi connectivity index (χ1n) is 9.81. The Labute approximate surface area is 175 Å². The molecule has 0 saturated carbocycles. The van der Waals surface area contributed by atoms with E-state index in [1.807, 2.05) is 0 Å². The Balaban J connectivity index is 1.69. The predicted octanol–water partition coefficient (Wildman–Crippen LogP) is 2.18. The Bertz CT molecular complexity index is 708. The van der Waals surface area contributed by atoms with Crippen LogP contribution in [0.4, 0.5) is 9.93 Å². The maximum Gasteiger partial charge on any atom is 0.407 e. The second-order valence-electron chi connectivity index (χ2n) is 7.72. The molecule has 0 aromatic carbocycles. The third-order valence-corrected chi connectivity index (χ3v) is 5.11. The van der Waals surface area contributed by atoms with Gasteiger partial charge in [0.05, 0.1) is 6.61 Å². The van der Waals surface area contributed by atoms with Crippen molar-refractivity contribution in [1.29, 1.82) is 0 Å². The molecule has 10 heteroatoms. The molecule has 1 aliphatic rings. The minimum atomic E-state index is -0.546. The first-order chi connectivity index (χ1) is 13.7. The fourth-order valence-corrected chi connectivity index (χ4v) is 3.70. The van der Waals surface area contributed by atoms with E-state index in [0.29, 0.717) is 51.3 Å². The lowest BCUT2D eigenvalue weighted by atomic mass is 9.96. The third-order valence-electron chi connectivity index (χ3n) is 4.21. The molecule has 162 valence electrons. The van der Waals surface area contributed by atoms with Crippen LogP contribution in [-0.4, -0.2) is 61.3 Å². The van der Waals surface area contributed by atoms with Gasteiger partial charge in [-0.15, -0.1) is 11.3 Å². The van der Waals surface area contributed by atoms with Crippen molar-refractivity contribution < 1.29 is 23.9 Å². The number of alkyl carbamates (subject to hydrolysis) is 1. The average molecular weight is 427 g/mol. The zero-order chi connectivity index (χ0) is 21.4. The number of nitrogens with one attached hydrogen (secondary N) is 2. The summed E-state index contributed by atoms with van der Waals surface area (Å²) in [6, 6.07) is 0. The number of rotatable bonds is 7. The highest BCUT2D eigenvalue weighted by atomic mass is 32.1. The number of anilines is 1. The summed E-state index contributed by atoms with van der Waals surface area (Å²) in [6.07, 6.45) is 0.921. The van der Waals surface area contributed by atoms with Crippen molar-refractivity contribution in [3.05, 3.63) is 11.1 Å². The molecule has 0 radical (unpaired) electrons. The van der Waals surface area contributed by atoms with E-state index in [2.05, 4.69) is 20.5 Å². The highest BCUT2D eigenvalue weighted by Crippen LogP contribution is 2.26. The van der Waals surface area contributed by atoms with E-state index < -0.39 is 17.7 Å². The molecule has 2 rings (SSSR count). The van der Waals surface area contributed by atoms with Crippen LogP contribution in [0.3, 0.4) is 0 Å². The van der Waals surface area contributed by atoms with Gasteiger partial charge < -0.3 is 25.0 Å². The van der Waals surface area contributed by atoms with Gasteiger partial charge in [0.2, 0.25) is 5.91 Å². The Hall–Kier alpha value is -2.36. The van der Waals surface area contributed by atoms with E-state index in [1.54, 1.807) is 33.1 Å². The lowest BCUT2D eigenvalue weighted by molar-refractivity contribution is -0.125. The van der Waals surface area contributed by atoms with Crippen LogP contribution in [0, 0.1) is 5.92 Å². The number of nitrogens with zero attached hydrogens (tertiary/aromatic N) is 2. The summed E-state index contributed by atoms with van der Waals surface area (Å²) in [5.74, 6) is -0.497. The molecule has 1 fully saturated rings. The largest absolute Gasteiger partial charge is 0.461 e. The van der Waals surface area contributed by atoms with Gasteiger partial charge in [0.25, 0.3) is 0 Å². The van der Waals surface area contributed by atoms with Crippen LogP contribution in [0.25, 0.3) is 0 Å². The number of hydrogen-bond donors (Lipinski definition) is 2. The highest BCUT2D eigenvalue weighted by molar-refractivity contribution is 7.13. The number of aromatic nitrogens is 1. The van der Waals surface area contributed by atoms with E-state index >= 15 is 0 Å². The number of amides is 2. The minimum absolute atomic E-state index is 0.0120. The lowest BCUT2D eigenvalue weighted by Gasteiger charge is -2.31. The molecule has 9 nitrogen and oxygen atoms in total. The average Bonchev–Trinajstić information content (AvgIpc) is 3.14. The molecule has 2 amide bonds. The van der Waals surface area contributed by atoms with Crippen LogP contribution in [0.1, 0.15) is 51.0 Å². The Morgan fingerprint density at radius 1 is 1.21 bits per heavy atom. The molecule has 0 spiro atoms. The van der Waals surface area contributed by atoms with Crippen LogP contribution < -0.4 is 15.5 Å². The molecule has 0 unspecified atom stereocenters. The summed E-state index contributed by atoms with van der Waals surface area (Å²) in [7, 11) is 0.